The van der Waals surface area contributed by atoms with Crippen molar-refractivity contribution in [3.63, 3.8) is 0 Å². The summed E-state index contributed by atoms with van der Waals surface area (Å²) in [5.41, 5.74) is 2.28. The van der Waals surface area contributed by atoms with Crippen molar-refractivity contribution in [1.82, 2.24) is 20.4 Å². The molecule has 1 aromatic heterocycles. The molecule has 0 saturated carbocycles. The van der Waals surface area contributed by atoms with Crippen molar-refractivity contribution in [1.29, 1.82) is 0 Å². The molecule has 6 heteroatoms. The molecule has 1 aromatic rings. The number of nitrogens with zero attached hydrogens (tertiary/aromatic N) is 3. The van der Waals surface area contributed by atoms with Crippen LogP contribution in [0.15, 0.2) is 11.1 Å². The van der Waals surface area contributed by atoms with Crippen molar-refractivity contribution in [2.24, 2.45) is 16.8 Å². The Hall–Kier alpha value is -1.56. The fraction of sp³-hybridized carbons (Fsp3) is 0.789. The van der Waals surface area contributed by atoms with Crippen molar-refractivity contribution < 1.29 is 4.74 Å². The van der Waals surface area contributed by atoms with Crippen LogP contribution in [0.3, 0.4) is 0 Å². The van der Waals surface area contributed by atoms with Gasteiger partial charge in [0.2, 0.25) is 0 Å². The minimum Gasteiger partial charge on any atom is -0.378 e. The molecule has 0 aromatic carbocycles. The second-order valence-corrected chi connectivity index (χ2v) is 7.12. The van der Waals surface area contributed by atoms with Crippen LogP contribution in [0, 0.1) is 25.7 Å². The fourth-order valence-corrected chi connectivity index (χ4v) is 2.87. The van der Waals surface area contributed by atoms with E-state index in [2.05, 4.69) is 59.2 Å². The molecule has 144 valence electrons. The number of guanidine groups is 1. The number of hydrogen-bond acceptors (Lipinski definition) is 3. The number of rotatable bonds is 10. The normalized spacial score (nSPS) is 14.6. The Morgan fingerprint density at radius 2 is 2.00 bits per heavy atom. The van der Waals surface area contributed by atoms with E-state index in [4.69, 9.17) is 4.74 Å². The molecular weight excluding hydrogens is 314 g/mol. The highest BCUT2D eigenvalue weighted by Crippen LogP contribution is 2.10. The first kappa shape index (κ1) is 21.5. The molecule has 0 aliphatic rings. The average molecular weight is 352 g/mol. The largest absolute Gasteiger partial charge is 0.378 e. The van der Waals surface area contributed by atoms with E-state index >= 15 is 0 Å². The quantitative estimate of drug-likeness (QED) is 0.502. The van der Waals surface area contributed by atoms with Gasteiger partial charge in [0.25, 0.3) is 0 Å². The summed E-state index contributed by atoms with van der Waals surface area (Å²) in [6.45, 7) is 16.2. The highest BCUT2D eigenvalue weighted by Gasteiger charge is 2.13. The van der Waals surface area contributed by atoms with Gasteiger partial charge in [-0.1, -0.05) is 20.8 Å². The van der Waals surface area contributed by atoms with Crippen LogP contribution < -0.4 is 10.6 Å². The number of aromatic nitrogens is 2. The number of aryl methyl sites for hydroxylation is 2. The van der Waals surface area contributed by atoms with Crippen LogP contribution in [-0.2, 0) is 11.3 Å². The van der Waals surface area contributed by atoms with E-state index in [1.165, 1.54) is 5.69 Å². The second-order valence-electron chi connectivity index (χ2n) is 7.12. The third-order valence-corrected chi connectivity index (χ3v) is 4.28. The van der Waals surface area contributed by atoms with E-state index in [9.17, 15) is 0 Å². The SMILES string of the molecule is CCOC(CCNC(=NC)NCC(C)Cn1nc(C)cc1C)C(C)C. The monoisotopic (exact) mass is 351 g/mol. The molecule has 0 spiro atoms. The lowest BCUT2D eigenvalue weighted by Gasteiger charge is -2.22. The highest BCUT2D eigenvalue weighted by molar-refractivity contribution is 5.79. The van der Waals surface area contributed by atoms with Gasteiger partial charge in [0.1, 0.15) is 0 Å². The van der Waals surface area contributed by atoms with Gasteiger partial charge in [-0.25, -0.2) is 0 Å². The molecule has 0 radical (unpaired) electrons. The summed E-state index contributed by atoms with van der Waals surface area (Å²) in [5, 5.41) is 11.3. The van der Waals surface area contributed by atoms with E-state index in [-0.39, 0.29) is 0 Å². The molecule has 0 fully saturated rings. The minimum atomic E-state index is 0.292. The molecule has 2 unspecified atom stereocenters. The Bertz CT molecular complexity index is 524. The molecular formula is C19H37N5O. The van der Waals surface area contributed by atoms with Gasteiger partial charge in [-0.05, 0) is 45.1 Å². The molecule has 25 heavy (non-hydrogen) atoms. The first-order valence-electron chi connectivity index (χ1n) is 9.44. The topological polar surface area (TPSA) is 63.5 Å². The zero-order valence-electron chi connectivity index (χ0n) is 17.1. The Labute approximate surface area is 153 Å². The summed E-state index contributed by atoms with van der Waals surface area (Å²) in [6.07, 6.45) is 1.27. The van der Waals surface area contributed by atoms with Gasteiger partial charge in [0.15, 0.2) is 5.96 Å². The Morgan fingerprint density at radius 3 is 2.52 bits per heavy atom. The predicted molar refractivity (Wildman–Crippen MR) is 105 cm³/mol. The van der Waals surface area contributed by atoms with Crippen LogP contribution in [0.2, 0.25) is 0 Å². The lowest BCUT2D eigenvalue weighted by atomic mass is 10.0. The third-order valence-electron chi connectivity index (χ3n) is 4.28. The summed E-state index contributed by atoms with van der Waals surface area (Å²) in [6, 6.07) is 2.12. The van der Waals surface area contributed by atoms with Crippen molar-refractivity contribution in [2.45, 2.75) is 60.6 Å². The van der Waals surface area contributed by atoms with Crippen LogP contribution >= 0.6 is 0 Å². The molecule has 6 nitrogen and oxygen atoms in total. The van der Waals surface area contributed by atoms with E-state index in [0.29, 0.717) is 17.9 Å². The van der Waals surface area contributed by atoms with Crippen LogP contribution in [0.4, 0.5) is 0 Å². The zero-order chi connectivity index (χ0) is 18.8. The van der Waals surface area contributed by atoms with Crippen molar-refractivity contribution in [2.75, 3.05) is 26.7 Å². The molecule has 0 bridgehead atoms. The van der Waals surface area contributed by atoms with Crippen LogP contribution in [0.1, 0.15) is 45.5 Å². The lowest BCUT2D eigenvalue weighted by Crippen LogP contribution is -2.41. The second kappa shape index (κ2) is 11.1. The van der Waals surface area contributed by atoms with Crippen molar-refractivity contribution in [3.05, 3.63) is 17.5 Å². The van der Waals surface area contributed by atoms with Crippen molar-refractivity contribution in [3.8, 4) is 0 Å². The maximum absolute atomic E-state index is 5.79. The van der Waals surface area contributed by atoms with Crippen molar-refractivity contribution >= 4 is 5.96 Å². The third kappa shape index (κ3) is 7.90. The molecule has 0 aliphatic carbocycles. The van der Waals surface area contributed by atoms with Gasteiger partial charge < -0.3 is 15.4 Å². The summed E-state index contributed by atoms with van der Waals surface area (Å²) in [7, 11) is 1.81. The van der Waals surface area contributed by atoms with Crippen LogP contribution in [0.25, 0.3) is 0 Å². The lowest BCUT2D eigenvalue weighted by molar-refractivity contribution is 0.0258. The molecule has 1 heterocycles. The Kier molecular flexibility index (Phi) is 9.57. The fourth-order valence-electron chi connectivity index (χ4n) is 2.87. The molecule has 0 amide bonds. The maximum atomic E-state index is 5.79. The molecule has 0 saturated heterocycles. The van der Waals surface area contributed by atoms with Gasteiger partial charge in [-0.3, -0.25) is 9.67 Å². The first-order valence-corrected chi connectivity index (χ1v) is 9.44. The van der Waals surface area contributed by atoms with Gasteiger partial charge in [0.05, 0.1) is 11.8 Å². The Morgan fingerprint density at radius 1 is 1.28 bits per heavy atom. The number of nitrogens with one attached hydrogen (secondary N) is 2. The highest BCUT2D eigenvalue weighted by atomic mass is 16.5. The van der Waals surface area contributed by atoms with Gasteiger partial charge in [-0.2, -0.15) is 5.10 Å². The molecule has 0 aliphatic heterocycles. The molecule has 2 N–H and O–H groups in total. The minimum absolute atomic E-state index is 0.292. The summed E-state index contributed by atoms with van der Waals surface area (Å²) >= 11 is 0. The van der Waals surface area contributed by atoms with Crippen LogP contribution in [-0.4, -0.2) is 48.6 Å². The van der Waals surface area contributed by atoms with Gasteiger partial charge in [-0.15, -0.1) is 0 Å². The van der Waals surface area contributed by atoms with E-state index in [1.54, 1.807) is 0 Å². The molecule has 1 rings (SSSR count). The maximum Gasteiger partial charge on any atom is 0.190 e. The van der Waals surface area contributed by atoms with Crippen LogP contribution in [0.5, 0.6) is 0 Å². The van der Waals surface area contributed by atoms with E-state index in [0.717, 1.165) is 44.3 Å². The zero-order valence-corrected chi connectivity index (χ0v) is 17.1. The molecule has 2 atom stereocenters. The summed E-state index contributed by atoms with van der Waals surface area (Å²) < 4.78 is 7.86. The van der Waals surface area contributed by atoms with Gasteiger partial charge >= 0.3 is 0 Å². The number of ether oxygens (including phenoxy) is 1. The number of hydrogen-bond donors (Lipinski definition) is 2. The standard InChI is InChI=1S/C19H37N5O/c1-8-25-18(14(2)3)9-10-21-19(20-7)22-12-15(4)13-24-17(6)11-16(5)23-24/h11,14-15,18H,8-10,12-13H2,1-7H3,(H2,20,21,22). The summed E-state index contributed by atoms with van der Waals surface area (Å²) in [5.74, 6) is 1.83. The predicted octanol–water partition coefficient (Wildman–Crippen LogP) is 2.75. The van der Waals surface area contributed by atoms with E-state index < -0.39 is 0 Å². The number of aliphatic imine (C=N–C) groups is 1. The Balaban J connectivity index is 2.34. The average Bonchev–Trinajstić information content (AvgIpc) is 2.86. The van der Waals surface area contributed by atoms with Gasteiger partial charge in [0, 0.05) is 39.0 Å². The van der Waals surface area contributed by atoms with E-state index in [1.807, 2.05) is 20.9 Å². The summed E-state index contributed by atoms with van der Waals surface area (Å²) in [4.78, 5) is 4.31. The smallest absolute Gasteiger partial charge is 0.190 e. The first-order chi connectivity index (χ1) is 11.9.